The molecule has 5 heterocycles. The number of carbonyl (C=O) groups excluding carboxylic acids is 10. The highest BCUT2D eigenvalue weighted by Crippen LogP contribution is 2.37. The summed E-state index contributed by atoms with van der Waals surface area (Å²) in [7, 11) is 9.32. The van der Waals surface area contributed by atoms with Gasteiger partial charge in [0, 0.05) is 43.2 Å². The van der Waals surface area contributed by atoms with Crippen molar-refractivity contribution in [2.24, 2.45) is 23.7 Å². The number of likely N-dealkylation sites (tertiary alicyclic amines) is 4. The third-order valence-electron chi connectivity index (χ3n) is 24.7. The molecule has 2 aromatic carbocycles. The average Bonchev–Trinajstić information content (AvgIpc) is 1.69. The molecule has 596 valence electrons. The standard InChI is InChI=1S/C19H24N2O2.C18H23N3O2.C18H32N2O2.C16H28N2O2.C14H26N2O2.CH4/c1-13(22)17(20-19(23)18-8-5-11-21(18)2)12-15-10-9-14-6-3-4-7-16(14)15;1-12(22)17-8-5-9-21(17)18(23)16(19-2)10-13-11-20-15-7-4-3-6-14(13)15;1-13(21)16(14-9-5-3-6-10-14)20-18(22)17(19-2)15-11-7-4-8-12-15;1-12(19)16(2)10-7-11-18(16)15(20)14(17-3)13-8-5-4-6-9-13;1-10(2)9-12(15-5)13(18)16-8-6-7-14(16,4)11(3)17;/h3-4,6-7,10,17-18H,5,8-9,11-12H2,1-2H3,(H,20,23);3-4,6-7,11,16-17,19-20H,5,8-10H2,1-2H3;14-17,19H,3-12H2,1-2H3,(H,20,22);13-14,17H,4-11H2,1-3H3;10,12,15H,6-9H2,1-5H3;1H4/t17-,18-;16-,17-;16-,17+;14-,16-;12-,14-;/m00000./s1. The number of nitrogens with one attached hydrogen (secondary N) is 7. The Bertz CT molecular complexity index is 3460. The van der Waals surface area contributed by atoms with E-state index in [1.165, 1.54) is 74.5 Å². The molecular weight excluding hydrogens is 1350 g/mol. The van der Waals surface area contributed by atoms with Crippen LogP contribution in [0.15, 0.2) is 60.8 Å². The lowest BCUT2D eigenvalue weighted by atomic mass is 9.81. The molecule has 21 heteroatoms. The fourth-order valence-electron chi connectivity index (χ4n) is 17.9. The van der Waals surface area contributed by atoms with Crippen LogP contribution >= 0.6 is 0 Å². The van der Waals surface area contributed by atoms with Crippen LogP contribution < -0.4 is 31.9 Å². The maximum atomic E-state index is 12.9. The minimum Gasteiger partial charge on any atom is -0.361 e. The van der Waals surface area contributed by atoms with Crippen molar-refractivity contribution in [2.45, 2.75) is 303 Å². The van der Waals surface area contributed by atoms with E-state index in [9.17, 15) is 47.9 Å². The molecule has 4 aliphatic heterocycles. The molecule has 3 aromatic rings. The van der Waals surface area contributed by atoms with Crippen molar-refractivity contribution in [1.82, 2.24) is 56.5 Å². The van der Waals surface area contributed by atoms with Gasteiger partial charge < -0.3 is 51.6 Å². The van der Waals surface area contributed by atoms with Gasteiger partial charge in [0.1, 0.15) is 0 Å². The summed E-state index contributed by atoms with van der Waals surface area (Å²) in [5.41, 5.74) is 4.70. The molecule has 11 rings (SSSR count). The first kappa shape index (κ1) is 89.1. The van der Waals surface area contributed by atoms with Crippen LogP contribution in [-0.2, 0) is 60.8 Å². The normalized spacial score (nSPS) is 23.5. The number of hydrogen-bond acceptors (Lipinski definition) is 15. The van der Waals surface area contributed by atoms with Crippen LogP contribution in [0.25, 0.3) is 16.5 Å². The number of likely N-dealkylation sites (N-methyl/N-ethyl adjacent to an activating group) is 5. The number of carbonyl (C=O) groups is 10. The van der Waals surface area contributed by atoms with E-state index in [4.69, 9.17) is 0 Å². The van der Waals surface area contributed by atoms with E-state index < -0.39 is 17.1 Å². The molecule has 7 fully saturated rings. The van der Waals surface area contributed by atoms with E-state index in [-0.39, 0.29) is 108 Å². The molecule has 0 radical (unpaired) electrons. The molecule has 4 saturated heterocycles. The number of ketones is 5. The van der Waals surface area contributed by atoms with Crippen LogP contribution in [0.5, 0.6) is 0 Å². The van der Waals surface area contributed by atoms with Crippen LogP contribution in [0.1, 0.15) is 247 Å². The Kier molecular flexibility index (Phi) is 35.8. The van der Waals surface area contributed by atoms with E-state index >= 15 is 0 Å². The number of rotatable bonds is 25. The Morgan fingerprint density at radius 2 is 1.03 bits per heavy atom. The zero-order chi connectivity index (χ0) is 77.4. The van der Waals surface area contributed by atoms with Crippen molar-refractivity contribution in [3.8, 4) is 0 Å². The van der Waals surface area contributed by atoms with Gasteiger partial charge >= 0.3 is 0 Å². The fourth-order valence-corrected chi connectivity index (χ4v) is 17.9. The Hall–Kier alpha value is -6.78. The van der Waals surface area contributed by atoms with Gasteiger partial charge in [0.05, 0.1) is 59.4 Å². The van der Waals surface area contributed by atoms with Crippen LogP contribution in [-0.4, -0.2) is 204 Å². The van der Waals surface area contributed by atoms with Crippen molar-refractivity contribution in [1.29, 1.82) is 0 Å². The van der Waals surface area contributed by atoms with Gasteiger partial charge in [-0.15, -0.1) is 0 Å². The third kappa shape index (κ3) is 23.6. The zero-order valence-electron chi connectivity index (χ0n) is 67.0. The van der Waals surface area contributed by atoms with E-state index in [2.05, 4.69) is 79.9 Å². The highest BCUT2D eigenvalue weighted by atomic mass is 16.2. The molecule has 5 amide bonds. The van der Waals surface area contributed by atoms with Crippen LogP contribution in [0.3, 0.4) is 0 Å². The van der Waals surface area contributed by atoms with Crippen molar-refractivity contribution < 1.29 is 47.9 Å². The van der Waals surface area contributed by atoms with Crippen molar-refractivity contribution in [2.75, 3.05) is 61.4 Å². The van der Waals surface area contributed by atoms with E-state index in [0.717, 1.165) is 132 Å². The van der Waals surface area contributed by atoms with E-state index in [0.29, 0.717) is 49.6 Å². The average molecular weight is 1490 g/mol. The second-order valence-electron chi connectivity index (χ2n) is 32.5. The number of aromatic amines is 1. The molecule has 0 spiro atoms. The summed E-state index contributed by atoms with van der Waals surface area (Å²) in [6, 6.07) is 14.5. The number of allylic oxidation sites excluding steroid dienone is 1. The number of benzene rings is 2. The summed E-state index contributed by atoms with van der Waals surface area (Å²) in [6.45, 7) is 19.0. The topological polar surface area (TPSA) is 272 Å². The Balaban J connectivity index is 0.000000210. The minimum absolute atomic E-state index is 0. The lowest BCUT2D eigenvalue weighted by Crippen LogP contribution is -2.57. The molecule has 21 nitrogen and oxygen atoms in total. The number of nitrogens with zero attached hydrogens (tertiary/aromatic N) is 4. The number of Topliss-reactive ketones (excluding diaryl/α,β-unsaturated/α-hetero) is 5. The molecule has 10 atom stereocenters. The molecule has 0 unspecified atom stereocenters. The molecule has 1 aromatic heterocycles. The summed E-state index contributed by atoms with van der Waals surface area (Å²) in [5.74, 6) is 2.28. The summed E-state index contributed by atoms with van der Waals surface area (Å²) in [4.78, 5) is 134. The van der Waals surface area contributed by atoms with Crippen molar-refractivity contribution >= 4 is 74.9 Å². The quantitative estimate of drug-likeness (QED) is 0.0416. The largest absolute Gasteiger partial charge is 0.361 e. The first-order valence-electron chi connectivity index (χ1n) is 40.4. The fraction of sp³-hybridized carbons (Fsp3) is 0.698. The molecule has 3 saturated carbocycles. The van der Waals surface area contributed by atoms with Gasteiger partial charge in [0.2, 0.25) is 29.5 Å². The summed E-state index contributed by atoms with van der Waals surface area (Å²) >= 11 is 0. The van der Waals surface area contributed by atoms with Gasteiger partial charge in [0.25, 0.3) is 0 Å². The van der Waals surface area contributed by atoms with Crippen LogP contribution in [0.4, 0.5) is 0 Å². The van der Waals surface area contributed by atoms with Crippen molar-refractivity contribution in [3.63, 3.8) is 0 Å². The molecular formula is C86H137N11O10. The summed E-state index contributed by atoms with van der Waals surface area (Å²) in [6.07, 6.45) is 31.8. The summed E-state index contributed by atoms with van der Waals surface area (Å²) in [5, 5.41) is 19.8. The highest BCUT2D eigenvalue weighted by Gasteiger charge is 2.48. The lowest BCUT2D eigenvalue weighted by Gasteiger charge is -2.38. The highest BCUT2D eigenvalue weighted by molar-refractivity contribution is 5.96. The first-order chi connectivity index (χ1) is 50.6. The van der Waals surface area contributed by atoms with Crippen LogP contribution in [0.2, 0.25) is 0 Å². The van der Waals surface area contributed by atoms with Crippen LogP contribution in [0, 0.1) is 23.7 Å². The minimum atomic E-state index is -0.594. The number of H-pyrrole nitrogens is 1. The van der Waals surface area contributed by atoms with E-state index in [1.54, 1.807) is 51.5 Å². The van der Waals surface area contributed by atoms with Gasteiger partial charge in [-0.05, 0) is 251 Å². The number of fused-ring (bicyclic) bond motifs is 2. The monoisotopic (exact) mass is 1480 g/mol. The summed E-state index contributed by atoms with van der Waals surface area (Å²) < 4.78 is 0. The number of amides is 5. The molecule has 7 N–H and O–H groups in total. The lowest BCUT2D eigenvalue weighted by molar-refractivity contribution is -0.145. The third-order valence-corrected chi connectivity index (χ3v) is 24.7. The van der Waals surface area contributed by atoms with Crippen molar-refractivity contribution in [3.05, 3.63) is 77.5 Å². The number of aromatic nitrogens is 1. The second kappa shape index (κ2) is 43.0. The predicted molar refractivity (Wildman–Crippen MR) is 428 cm³/mol. The predicted octanol–water partition coefficient (Wildman–Crippen LogP) is 11.2. The molecule has 0 bridgehead atoms. The Labute approximate surface area is 641 Å². The maximum absolute atomic E-state index is 12.9. The smallest absolute Gasteiger partial charge is 0.240 e. The van der Waals surface area contributed by atoms with Gasteiger partial charge in [-0.2, -0.15) is 0 Å². The van der Waals surface area contributed by atoms with Gasteiger partial charge in [0.15, 0.2) is 28.9 Å². The van der Waals surface area contributed by atoms with Gasteiger partial charge in [-0.1, -0.05) is 128 Å². The SMILES string of the molecule is C.CC(=O)[C@H](CC1=CCc2ccccc21)NC(=O)[C@@H]1CCCN1C.CN[C@@H](C(=O)N[C@@H](C(C)=O)C1CCCCC1)C1CCCCC1.CN[C@@H](CC(C)C)C(=O)N1CCC[C@@]1(C)C(C)=O.CN[C@@H](Cc1c[nH]c2ccccc12)C(=O)N1CCC[C@H]1C(C)=O.CN[C@H](C(=O)N1CCC[C@@]1(C)C(C)=O)C1CCCCC1. The maximum Gasteiger partial charge on any atom is 0.240 e. The number of para-hydroxylation sites is 1. The Morgan fingerprint density at radius 3 is 1.53 bits per heavy atom. The molecule has 107 heavy (non-hydrogen) atoms. The van der Waals surface area contributed by atoms with Gasteiger partial charge in [-0.25, -0.2) is 0 Å². The van der Waals surface area contributed by atoms with E-state index in [1.807, 2.05) is 83.5 Å². The zero-order valence-corrected chi connectivity index (χ0v) is 67.0. The first-order valence-corrected chi connectivity index (χ1v) is 40.4. The molecule has 8 aliphatic rings. The van der Waals surface area contributed by atoms with Gasteiger partial charge in [-0.3, -0.25) is 52.8 Å². The number of hydrogen-bond donors (Lipinski definition) is 7. The molecule has 4 aliphatic carbocycles. The second-order valence-corrected chi connectivity index (χ2v) is 32.5. The Morgan fingerprint density at radius 1 is 0.514 bits per heavy atom.